The molecule has 1 aromatic heterocycles. The van der Waals surface area contributed by atoms with E-state index in [-0.39, 0.29) is 11.6 Å². The van der Waals surface area contributed by atoms with E-state index in [1.807, 2.05) is 60.8 Å². The van der Waals surface area contributed by atoms with Crippen LogP contribution in [-0.2, 0) is 4.79 Å². The van der Waals surface area contributed by atoms with Gasteiger partial charge in [-0.2, -0.15) is 10.2 Å². The Labute approximate surface area is 219 Å². The number of halogens is 2. The molecule has 1 heterocycles. The van der Waals surface area contributed by atoms with Gasteiger partial charge in [-0.1, -0.05) is 54.4 Å². The third kappa shape index (κ3) is 6.44. The summed E-state index contributed by atoms with van der Waals surface area (Å²) < 4.78 is 12.9. The molecule has 0 unspecified atom stereocenters. The second kappa shape index (κ2) is 12.2. The van der Waals surface area contributed by atoms with Crippen LogP contribution in [0.5, 0.6) is 11.5 Å². The van der Waals surface area contributed by atoms with E-state index < -0.39 is 5.91 Å². The molecule has 3 aromatic carbocycles. The van der Waals surface area contributed by atoms with Crippen molar-refractivity contribution in [2.24, 2.45) is 5.10 Å². The van der Waals surface area contributed by atoms with Crippen molar-refractivity contribution in [1.82, 2.24) is 15.2 Å². The lowest BCUT2D eigenvalue weighted by Gasteiger charge is -2.07. The molecule has 1 N–H and O–H groups in total. The number of benzene rings is 3. The van der Waals surface area contributed by atoms with Crippen molar-refractivity contribution in [3.05, 3.63) is 94.6 Å². The Kier molecular flexibility index (Phi) is 8.60. The number of rotatable bonds is 10. The maximum absolute atomic E-state index is 12.2. The Morgan fingerprint density at radius 3 is 2.56 bits per heavy atom. The number of hydrogen-bond donors (Lipinski definition) is 1. The fraction of sp³-hybridized carbons (Fsp3) is 0.148. The number of ether oxygens (including phenoxy) is 2. The predicted molar refractivity (Wildman–Crippen MR) is 142 cm³/mol. The zero-order valence-corrected chi connectivity index (χ0v) is 21.0. The summed E-state index contributed by atoms with van der Waals surface area (Å²) in [6.07, 6.45) is 4.34. The Morgan fingerprint density at radius 2 is 1.81 bits per heavy atom. The van der Waals surface area contributed by atoms with Crippen LogP contribution in [0.4, 0.5) is 0 Å². The van der Waals surface area contributed by atoms with E-state index >= 15 is 0 Å². The predicted octanol–water partition coefficient (Wildman–Crippen LogP) is 6.16. The van der Waals surface area contributed by atoms with Crippen molar-refractivity contribution < 1.29 is 14.3 Å². The first-order valence-corrected chi connectivity index (χ1v) is 12.1. The van der Waals surface area contributed by atoms with Gasteiger partial charge in [0, 0.05) is 17.3 Å². The number of nitrogens with one attached hydrogen (secondary N) is 1. The van der Waals surface area contributed by atoms with Gasteiger partial charge in [-0.05, 0) is 55.0 Å². The first kappa shape index (κ1) is 25.3. The van der Waals surface area contributed by atoms with Gasteiger partial charge < -0.3 is 9.47 Å². The molecule has 0 aliphatic heterocycles. The van der Waals surface area contributed by atoms with Crippen molar-refractivity contribution >= 4 is 35.3 Å². The van der Waals surface area contributed by atoms with Crippen LogP contribution >= 0.6 is 23.2 Å². The highest BCUT2D eigenvalue weighted by molar-refractivity contribution is 6.42. The molecule has 0 aliphatic rings. The zero-order chi connectivity index (χ0) is 25.3. The first-order chi connectivity index (χ1) is 17.5. The molecule has 0 atom stereocenters. The molecule has 0 saturated heterocycles. The van der Waals surface area contributed by atoms with E-state index in [0.29, 0.717) is 23.1 Å². The SMILES string of the molecule is CCCOc1ccc(-c2nn(-c3ccccc3)cc2/C=N\NC(=O)COc2cccc(Cl)c2Cl)cc1. The molecule has 7 nitrogen and oxygen atoms in total. The molecule has 0 saturated carbocycles. The summed E-state index contributed by atoms with van der Waals surface area (Å²) >= 11 is 12.1. The Hall–Kier alpha value is -3.81. The van der Waals surface area contributed by atoms with E-state index in [9.17, 15) is 4.79 Å². The van der Waals surface area contributed by atoms with E-state index in [0.717, 1.165) is 29.0 Å². The van der Waals surface area contributed by atoms with Gasteiger partial charge in [-0.3, -0.25) is 4.79 Å². The zero-order valence-electron chi connectivity index (χ0n) is 19.5. The molecule has 0 fully saturated rings. The van der Waals surface area contributed by atoms with Gasteiger partial charge >= 0.3 is 0 Å². The fourth-order valence-corrected chi connectivity index (χ4v) is 3.64. The monoisotopic (exact) mass is 522 g/mol. The van der Waals surface area contributed by atoms with Crippen LogP contribution in [0.1, 0.15) is 18.9 Å². The van der Waals surface area contributed by atoms with Crippen LogP contribution in [0.15, 0.2) is 84.1 Å². The van der Waals surface area contributed by atoms with Gasteiger partial charge in [0.25, 0.3) is 5.91 Å². The average molecular weight is 523 g/mol. The third-order valence-corrected chi connectivity index (χ3v) is 5.83. The second-order valence-electron chi connectivity index (χ2n) is 7.72. The summed E-state index contributed by atoms with van der Waals surface area (Å²) in [6.45, 7) is 2.45. The largest absolute Gasteiger partial charge is 0.494 e. The smallest absolute Gasteiger partial charge is 0.277 e. The van der Waals surface area contributed by atoms with Crippen molar-refractivity contribution in [3.63, 3.8) is 0 Å². The molecule has 0 spiro atoms. The van der Waals surface area contributed by atoms with Crippen LogP contribution in [-0.4, -0.2) is 35.1 Å². The summed E-state index contributed by atoms with van der Waals surface area (Å²) in [6, 6.07) is 22.4. The molecular weight excluding hydrogens is 499 g/mol. The number of carbonyl (C=O) groups is 1. The molecule has 0 radical (unpaired) electrons. The summed E-state index contributed by atoms with van der Waals surface area (Å²) in [4.78, 5) is 12.2. The minimum absolute atomic E-state index is 0.250. The maximum atomic E-state index is 12.2. The van der Waals surface area contributed by atoms with Crippen molar-refractivity contribution in [3.8, 4) is 28.4 Å². The number of hydrogen-bond acceptors (Lipinski definition) is 5. The molecule has 0 bridgehead atoms. The topological polar surface area (TPSA) is 77.7 Å². The van der Waals surface area contributed by atoms with Crippen LogP contribution in [0.2, 0.25) is 10.0 Å². The summed E-state index contributed by atoms with van der Waals surface area (Å²) in [5.74, 6) is 0.670. The molecule has 36 heavy (non-hydrogen) atoms. The number of hydrazone groups is 1. The van der Waals surface area contributed by atoms with Crippen molar-refractivity contribution in [2.75, 3.05) is 13.2 Å². The van der Waals surface area contributed by atoms with Gasteiger partial charge in [0.05, 0.1) is 23.5 Å². The fourth-order valence-electron chi connectivity index (χ4n) is 3.29. The van der Waals surface area contributed by atoms with Gasteiger partial charge in [0.2, 0.25) is 0 Å². The highest BCUT2D eigenvalue weighted by Gasteiger charge is 2.12. The summed E-state index contributed by atoms with van der Waals surface area (Å²) in [7, 11) is 0. The maximum Gasteiger partial charge on any atom is 0.277 e. The Balaban J connectivity index is 1.50. The highest BCUT2D eigenvalue weighted by atomic mass is 35.5. The van der Waals surface area contributed by atoms with E-state index in [1.54, 1.807) is 29.1 Å². The molecular formula is C27H24Cl2N4O3. The van der Waals surface area contributed by atoms with Crippen molar-refractivity contribution in [2.45, 2.75) is 13.3 Å². The quantitative estimate of drug-likeness (QED) is 0.199. The van der Waals surface area contributed by atoms with Gasteiger partial charge in [0.15, 0.2) is 6.61 Å². The van der Waals surface area contributed by atoms with Gasteiger partial charge in [0.1, 0.15) is 22.2 Å². The lowest BCUT2D eigenvalue weighted by Crippen LogP contribution is -2.24. The molecule has 9 heteroatoms. The minimum Gasteiger partial charge on any atom is -0.494 e. The molecule has 4 rings (SSSR count). The van der Waals surface area contributed by atoms with E-state index in [1.165, 1.54) is 0 Å². The number of aromatic nitrogens is 2. The van der Waals surface area contributed by atoms with Gasteiger partial charge in [-0.15, -0.1) is 0 Å². The number of para-hydroxylation sites is 1. The Morgan fingerprint density at radius 1 is 1.03 bits per heavy atom. The van der Waals surface area contributed by atoms with E-state index in [2.05, 4.69) is 17.5 Å². The Bertz CT molecular complexity index is 1340. The molecule has 184 valence electrons. The third-order valence-electron chi connectivity index (χ3n) is 5.03. The summed E-state index contributed by atoms with van der Waals surface area (Å²) in [5, 5.41) is 9.45. The number of nitrogens with zero attached hydrogens (tertiary/aromatic N) is 3. The molecule has 4 aromatic rings. The number of amides is 1. The first-order valence-electron chi connectivity index (χ1n) is 11.3. The van der Waals surface area contributed by atoms with Crippen LogP contribution in [0.25, 0.3) is 16.9 Å². The minimum atomic E-state index is -0.447. The van der Waals surface area contributed by atoms with E-state index in [4.69, 9.17) is 37.8 Å². The standard InChI is InChI=1S/C27H24Cl2N4O3/c1-2-15-35-22-13-11-19(12-14-22)27-20(17-33(32-27)21-7-4-3-5-8-21)16-30-31-25(34)18-36-24-10-6-9-23(28)26(24)29/h3-14,16-17H,2,15,18H2,1H3,(H,31,34)/b30-16-. The highest BCUT2D eigenvalue weighted by Crippen LogP contribution is 2.31. The van der Waals surface area contributed by atoms with Gasteiger partial charge in [-0.25, -0.2) is 10.1 Å². The average Bonchev–Trinajstić information content (AvgIpc) is 3.33. The van der Waals surface area contributed by atoms with Crippen LogP contribution in [0.3, 0.4) is 0 Å². The molecule has 0 aliphatic carbocycles. The lowest BCUT2D eigenvalue weighted by molar-refractivity contribution is -0.123. The van der Waals surface area contributed by atoms with Crippen LogP contribution in [0, 0.1) is 0 Å². The van der Waals surface area contributed by atoms with Crippen molar-refractivity contribution in [1.29, 1.82) is 0 Å². The second-order valence-corrected chi connectivity index (χ2v) is 8.50. The number of carbonyl (C=O) groups excluding carboxylic acids is 1. The molecule has 1 amide bonds. The normalized spacial score (nSPS) is 11.0. The van der Waals surface area contributed by atoms with Crippen LogP contribution < -0.4 is 14.9 Å². The summed E-state index contributed by atoms with van der Waals surface area (Å²) in [5.41, 5.74) is 5.69. The lowest BCUT2D eigenvalue weighted by atomic mass is 10.1.